The number of carboxylic acids is 1. The van der Waals surface area contributed by atoms with E-state index >= 15 is 0 Å². The number of nitrogens with zero attached hydrogens (tertiary/aromatic N) is 5. The number of hydrogen-bond donors (Lipinski definition) is 2. The molecule has 196 valence electrons. The van der Waals surface area contributed by atoms with Crippen LogP contribution in [0.2, 0.25) is 0 Å². The van der Waals surface area contributed by atoms with Crippen LogP contribution in [0.25, 0.3) is 11.3 Å². The van der Waals surface area contributed by atoms with Crippen molar-refractivity contribution in [1.82, 2.24) is 19.9 Å². The van der Waals surface area contributed by atoms with Crippen LogP contribution < -0.4 is 10.2 Å². The van der Waals surface area contributed by atoms with E-state index in [4.69, 9.17) is 10.1 Å². The summed E-state index contributed by atoms with van der Waals surface area (Å²) >= 11 is 1.46. The van der Waals surface area contributed by atoms with Crippen molar-refractivity contribution >= 4 is 34.0 Å². The van der Waals surface area contributed by atoms with E-state index in [0.29, 0.717) is 29.9 Å². The topological polar surface area (TPSA) is 143 Å². The normalized spacial score (nSPS) is 11.6. The van der Waals surface area contributed by atoms with E-state index in [2.05, 4.69) is 15.2 Å². The Morgan fingerprint density at radius 2 is 2.03 bits per heavy atom. The minimum Gasteiger partial charge on any atom is -0.480 e. The summed E-state index contributed by atoms with van der Waals surface area (Å²) in [7, 11) is 0. The smallest absolute Gasteiger partial charge is 0.325 e. The van der Waals surface area contributed by atoms with Gasteiger partial charge in [-0.05, 0) is 31.0 Å². The van der Waals surface area contributed by atoms with Gasteiger partial charge in [-0.1, -0.05) is 24.3 Å². The second-order valence-electron chi connectivity index (χ2n) is 8.63. The molecule has 1 unspecified atom stereocenters. The number of anilines is 1. The lowest BCUT2D eigenvalue weighted by atomic mass is 10.1. The Kier molecular flexibility index (Phi) is 8.44. The molecule has 2 aromatic heterocycles. The number of carbonyl (C=O) groups is 2. The number of aliphatic carboxylic acids is 1. The minimum absolute atomic E-state index is 0.0103. The van der Waals surface area contributed by atoms with E-state index in [-0.39, 0.29) is 5.69 Å². The van der Waals surface area contributed by atoms with Gasteiger partial charge in [0, 0.05) is 60.7 Å². The number of imidazole rings is 1. The molecule has 0 bridgehead atoms. The summed E-state index contributed by atoms with van der Waals surface area (Å²) in [6.45, 7) is 3.41. The van der Waals surface area contributed by atoms with Crippen LogP contribution in [0, 0.1) is 10.1 Å². The van der Waals surface area contributed by atoms with Gasteiger partial charge < -0.3 is 19.9 Å². The molecule has 0 saturated carbocycles. The van der Waals surface area contributed by atoms with Crippen molar-refractivity contribution in [2.24, 2.45) is 0 Å². The van der Waals surface area contributed by atoms with E-state index in [0.717, 1.165) is 23.7 Å². The highest BCUT2D eigenvalue weighted by Gasteiger charge is 2.17. The Balaban J connectivity index is 1.51. The molecule has 0 fully saturated rings. The Morgan fingerprint density at radius 3 is 2.71 bits per heavy atom. The SMILES string of the molecule is CC(NC(=O)c1ccc(CN(CCCn2ccnc2)c2nc(-c3cccc([N+](=O)[O-])c3)cs2)cc1)C(=O)O. The summed E-state index contributed by atoms with van der Waals surface area (Å²) in [6, 6.07) is 12.4. The van der Waals surface area contributed by atoms with Crippen molar-refractivity contribution in [3.8, 4) is 11.3 Å². The van der Waals surface area contributed by atoms with Crippen LogP contribution in [0.5, 0.6) is 0 Å². The predicted octanol–water partition coefficient (Wildman–Crippen LogP) is 4.21. The Bertz CT molecular complexity index is 1400. The maximum atomic E-state index is 12.3. The molecule has 0 aliphatic rings. The lowest BCUT2D eigenvalue weighted by Gasteiger charge is -2.22. The molecular weight excluding hydrogens is 508 g/mol. The summed E-state index contributed by atoms with van der Waals surface area (Å²) in [4.78, 5) is 45.1. The second kappa shape index (κ2) is 12.1. The fourth-order valence-corrected chi connectivity index (χ4v) is 4.61. The standard InChI is InChI=1S/C26H26N6O5S/c1-18(25(34)35)28-24(33)20-8-6-19(7-9-20)15-31(12-3-11-30-13-10-27-17-30)26-29-23(16-38-26)21-4-2-5-22(14-21)32(36)37/h2,4-10,13-14,16-18H,3,11-12,15H2,1H3,(H,28,33)(H,34,35). The number of thiazole rings is 1. The summed E-state index contributed by atoms with van der Waals surface area (Å²) in [6.07, 6.45) is 6.24. The van der Waals surface area contributed by atoms with Gasteiger partial charge >= 0.3 is 5.97 Å². The average molecular weight is 535 g/mol. The summed E-state index contributed by atoms with van der Waals surface area (Å²) < 4.78 is 2.00. The quantitative estimate of drug-likeness (QED) is 0.203. The zero-order chi connectivity index (χ0) is 27.1. The molecular formula is C26H26N6O5S. The summed E-state index contributed by atoms with van der Waals surface area (Å²) in [5, 5.41) is 25.3. The fraction of sp³-hybridized carbons (Fsp3) is 0.231. The zero-order valence-corrected chi connectivity index (χ0v) is 21.4. The Hall–Kier alpha value is -4.58. The number of carboxylic acid groups (broad SMARTS) is 1. The van der Waals surface area contributed by atoms with Crippen molar-refractivity contribution in [2.45, 2.75) is 32.5 Å². The first-order chi connectivity index (χ1) is 18.3. The number of carbonyl (C=O) groups excluding carboxylic acids is 1. The summed E-state index contributed by atoms with van der Waals surface area (Å²) in [5.74, 6) is -1.56. The van der Waals surface area contributed by atoms with Gasteiger partial charge in [0.25, 0.3) is 11.6 Å². The highest BCUT2D eigenvalue weighted by Crippen LogP contribution is 2.30. The van der Waals surface area contributed by atoms with Crippen LogP contribution in [-0.2, 0) is 17.9 Å². The number of benzene rings is 2. The first kappa shape index (κ1) is 26.5. The lowest BCUT2D eigenvalue weighted by molar-refractivity contribution is -0.384. The third-order valence-electron chi connectivity index (χ3n) is 5.83. The molecule has 4 rings (SSSR count). The highest BCUT2D eigenvalue weighted by atomic mass is 32.1. The second-order valence-corrected chi connectivity index (χ2v) is 9.47. The van der Waals surface area contributed by atoms with Crippen molar-refractivity contribution < 1.29 is 19.6 Å². The van der Waals surface area contributed by atoms with Gasteiger partial charge in [0.1, 0.15) is 6.04 Å². The van der Waals surface area contributed by atoms with E-state index < -0.39 is 22.8 Å². The van der Waals surface area contributed by atoms with Gasteiger partial charge in [0.05, 0.1) is 16.9 Å². The maximum absolute atomic E-state index is 12.3. The first-order valence-corrected chi connectivity index (χ1v) is 12.7. The maximum Gasteiger partial charge on any atom is 0.325 e. The van der Waals surface area contributed by atoms with Gasteiger partial charge in [0.15, 0.2) is 5.13 Å². The van der Waals surface area contributed by atoms with Gasteiger partial charge in [-0.25, -0.2) is 9.97 Å². The fourth-order valence-electron chi connectivity index (χ4n) is 3.75. The van der Waals surface area contributed by atoms with Crippen molar-refractivity contribution in [2.75, 3.05) is 11.4 Å². The summed E-state index contributed by atoms with van der Waals surface area (Å²) in [5.41, 5.74) is 2.66. The number of amides is 1. The largest absolute Gasteiger partial charge is 0.480 e. The molecule has 0 radical (unpaired) electrons. The van der Waals surface area contributed by atoms with Crippen LogP contribution in [0.1, 0.15) is 29.3 Å². The van der Waals surface area contributed by atoms with Crippen LogP contribution in [0.15, 0.2) is 72.6 Å². The van der Waals surface area contributed by atoms with Crippen LogP contribution in [0.3, 0.4) is 0 Å². The third kappa shape index (κ3) is 6.79. The van der Waals surface area contributed by atoms with Crippen LogP contribution in [-0.4, -0.2) is 49.0 Å². The van der Waals surface area contributed by atoms with Crippen LogP contribution in [0.4, 0.5) is 10.8 Å². The number of hydrogen-bond acceptors (Lipinski definition) is 8. The molecule has 0 saturated heterocycles. The zero-order valence-electron chi connectivity index (χ0n) is 20.6. The number of nitro benzene ring substituents is 1. The van der Waals surface area contributed by atoms with E-state index in [9.17, 15) is 19.7 Å². The molecule has 38 heavy (non-hydrogen) atoms. The molecule has 2 N–H and O–H groups in total. The monoisotopic (exact) mass is 534 g/mol. The van der Waals surface area contributed by atoms with E-state index in [1.165, 1.54) is 30.4 Å². The number of rotatable bonds is 12. The van der Waals surface area contributed by atoms with Gasteiger partial charge in [-0.3, -0.25) is 19.7 Å². The van der Waals surface area contributed by atoms with E-state index in [1.807, 2.05) is 28.3 Å². The molecule has 1 amide bonds. The van der Waals surface area contributed by atoms with Gasteiger partial charge in [-0.2, -0.15) is 0 Å². The highest BCUT2D eigenvalue weighted by molar-refractivity contribution is 7.14. The van der Waals surface area contributed by atoms with Gasteiger partial charge in [-0.15, -0.1) is 11.3 Å². The van der Waals surface area contributed by atoms with Crippen LogP contribution >= 0.6 is 11.3 Å². The molecule has 0 aliphatic heterocycles. The lowest BCUT2D eigenvalue weighted by Crippen LogP contribution is -2.38. The first-order valence-electron chi connectivity index (χ1n) is 11.8. The molecule has 2 aromatic carbocycles. The molecule has 2 heterocycles. The number of nitrogens with one attached hydrogen (secondary N) is 1. The molecule has 12 heteroatoms. The van der Waals surface area contributed by atoms with Crippen molar-refractivity contribution in [1.29, 1.82) is 0 Å². The third-order valence-corrected chi connectivity index (χ3v) is 6.73. The molecule has 4 aromatic rings. The molecule has 0 aliphatic carbocycles. The number of non-ortho nitro benzene ring substituents is 1. The van der Waals surface area contributed by atoms with Crippen molar-refractivity contribution in [3.63, 3.8) is 0 Å². The van der Waals surface area contributed by atoms with E-state index in [1.54, 1.807) is 36.8 Å². The number of aromatic nitrogens is 3. The molecule has 11 nitrogen and oxygen atoms in total. The molecule has 1 atom stereocenters. The minimum atomic E-state index is -1.10. The molecule has 0 spiro atoms. The average Bonchev–Trinajstić information content (AvgIpc) is 3.61. The Morgan fingerprint density at radius 1 is 1.24 bits per heavy atom. The predicted molar refractivity (Wildman–Crippen MR) is 143 cm³/mol. The van der Waals surface area contributed by atoms with Gasteiger partial charge in [0.2, 0.25) is 0 Å². The number of nitro groups is 1. The van der Waals surface area contributed by atoms with Crippen molar-refractivity contribution in [3.05, 3.63) is 93.9 Å². The Labute approximate surface area is 222 Å². The number of aryl methyl sites for hydroxylation is 1.